The molecule has 0 bridgehead atoms. The summed E-state index contributed by atoms with van der Waals surface area (Å²) < 4.78 is 5.33. The highest BCUT2D eigenvalue weighted by Gasteiger charge is 2.08. The molecule has 0 aliphatic carbocycles. The van der Waals surface area contributed by atoms with E-state index < -0.39 is 0 Å². The van der Waals surface area contributed by atoms with Crippen molar-refractivity contribution >= 4 is 0 Å². The molecule has 0 spiro atoms. The van der Waals surface area contributed by atoms with Crippen molar-refractivity contribution in [3.8, 4) is 16.9 Å². The summed E-state index contributed by atoms with van der Waals surface area (Å²) in [6.45, 7) is 0.496. The van der Waals surface area contributed by atoms with Gasteiger partial charge in [0.25, 0.3) is 0 Å². The second-order valence-corrected chi connectivity index (χ2v) is 3.44. The van der Waals surface area contributed by atoms with E-state index in [1.807, 2.05) is 36.5 Å². The van der Waals surface area contributed by atoms with Crippen LogP contribution in [0, 0.1) is 0 Å². The number of pyridine rings is 1. The van der Waals surface area contributed by atoms with Crippen LogP contribution in [-0.2, 0) is 6.54 Å². The Bertz CT molecular complexity index is 437. The van der Waals surface area contributed by atoms with E-state index >= 15 is 0 Å². The molecule has 82 valence electrons. The molecule has 1 aromatic carbocycles. The molecule has 0 saturated heterocycles. The minimum Gasteiger partial charge on any atom is -0.496 e. The quantitative estimate of drug-likeness (QED) is 0.852. The number of rotatable bonds is 3. The first kappa shape index (κ1) is 10.6. The Labute approximate surface area is 94.9 Å². The normalized spacial score (nSPS) is 10.1. The van der Waals surface area contributed by atoms with Crippen LogP contribution >= 0.6 is 0 Å². The monoisotopic (exact) mass is 214 g/mol. The number of aromatic nitrogens is 1. The summed E-state index contributed by atoms with van der Waals surface area (Å²) in [5.41, 5.74) is 8.84. The topological polar surface area (TPSA) is 48.1 Å². The molecule has 0 amide bonds. The van der Waals surface area contributed by atoms with E-state index in [-0.39, 0.29) is 0 Å². The van der Waals surface area contributed by atoms with Crippen molar-refractivity contribution in [3.63, 3.8) is 0 Å². The highest BCUT2D eigenvalue weighted by atomic mass is 16.5. The number of para-hydroxylation sites is 1. The Balaban J connectivity index is 2.58. The van der Waals surface area contributed by atoms with Crippen LogP contribution < -0.4 is 10.5 Å². The van der Waals surface area contributed by atoms with Crippen LogP contribution in [0.4, 0.5) is 0 Å². The highest BCUT2D eigenvalue weighted by Crippen LogP contribution is 2.31. The van der Waals surface area contributed by atoms with E-state index in [0.29, 0.717) is 6.54 Å². The Morgan fingerprint density at radius 3 is 2.75 bits per heavy atom. The van der Waals surface area contributed by atoms with Crippen LogP contribution in [-0.4, -0.2) is 12.1 Å². The van der Waals surface area contributed by atoms with E-state index in [9.17, 15) is 0 Å². The van der Waals surface area contributed by atoms with E-state index in [1.165, 1.54) is 0 Å². The summed E-state index contributed by atoms with van der Waals surface area (Å²) in [4.78, 5) is 4.13. The molecule has 3 nitrogen and oxygen atoms in total. The van der Waals surface area contributed by atoms with E-state index in [2.05, 4.69) is 4.98 Å². The number of nitrogens with two attached hydrogens (primary N) is 1. The predicted molar refractivity (Wildman–Crippen MR) is 64.1 cm³/mol. The molecule has 2 aromatic rings. The summed E-state index contributed by atoms with van der Waals surface area (Å²) in [5, 5.41) is 0. The number of ether oxygens (including phenoxy) is 1. The first-order chi connectivity index (χ1) is 7.86. The minimum atomic E-state index is 0.496. The molecular weight excluding hydrogens is 200 g/mol. The van der Waals surface area contributed by atoms with Crippen LogP contribution in [0.3, 0.4) is 0 Å². The van der Waals surface area contributed by atoms with Crippen LogP contribution in [0.25, 0.3) is 11.1 Å². The molecule has 2 rings (SSSR count). The Morgan fingerprint density at radius 2 is 2.00 bits per heavy atom. The van der Waals surface area contributed by atoms with Crippen LogP contribution in [0.2, 0.25) is 0 Å². The Kier molecular flexibility index (Phi) is 3.17. The lowest BCUT2D eigenvalue weighted by Crippen LogP contribution is -2.00. The van der Waals surface area contributed by atoms with Gasteiger partial charge in [-0.15, -0.1) is 0 Å². The van der Waals surface area contributed by atoms with Gasteiger partial charge in [-0.25, -0.2) is 0 Å². The SMILES string of the molecule is COc1ccccc1-c1cnccc1CN. The molecule has 16 heavy (non-hydrogen) atoms. The fraction of sp³-hybridized carbons (Fsp3) is 0.154. The molecule has 3 heteroatoms. The molecular formula is C13H14N2O. The zero-order valence-electron chi connectivity index (χ0n) is 9.18. The molecule has 1 heterocycles. The van der Waals surface area contributed by atoms with Gasteiger partial charge >= 0.3 is 0 Å². The zero-order chi connectivity index (χ0) is 11.4. The van der Waals surface area contributed by atoms with Gasteiger partial charge in [0, 0.05) is 30.1 Å². The molecule has 0 saturated carbocycles. The van der Waals surface area contributed by atoms with Crippen molar-refractivity contribution in [3.05, 3.63) is 48.3 Å². The third-order valence-corrected chi connectivity index (χ3v) is 2.53. The molecule has 0 fully saturated rings. The summed E-state index contributed by atoms with van der Waals surface area (Å²) in [6, 6.07) is 9.80. The molecule has 1 aromatic heterocycles. The summed E-state index contributed by atoms with van der Waals surface area (Å²) in [6.07, 6.45) is 3.57. The number of methoxy groups -OCH3 is 1. The first-order valence-corrected chi connectivity index (χ1v) is 5.13. The lowest BCUT2D eigenvalue weighted by Gasteiger charge is -2.11. The zero-order valence-corrected chi connectivity index (χ0v) is 9.18. The van der Waals surface area contributed by atoms with Gasteiger partial charge in [0.2, 0.25) is 0 Å². The average Bonchev–Trinajstić information content (AvgIpc) is 2.38. The van der Waals surface area contributed by atoms with E-state index in [4.69, 9.17) is 10.5 Å². The number of hydrogen-bond donors (Lipinski definition) is 1. The van der Waals surface area contributed by atoms with Crippen molar-refractivity contribution < 1.29 is 4.74 Å². The summed E-state index contributed by atoms with van der Waals surface area (Å²) in [7, 11) is 1.66. The smallest absolute Gasteiger partial charge is 0.126 e. The van der Waals surface area contributed by atoms with Gasteiger partial charge in [-0.05, 0) is 17.7 Å². The molecule has 0 atom stereocenters. The summed E-state index contributed by atoms with van der Waals surface area (Å²) >= 11 is 0. The minimum absolute atomic E-state index is 0.496. The van der Waals surface area contributed by atoms with Gasteiger partial charge in [0.05, 0.1) is 7.11 Å². The van der Waals surface area contributed by atoms with Crippen molar-refractivity contribution in [1.82, 2.24) is 4.98 Å². The molecule has 0 radical (unpaired) electrons. The fourth-order valence-electron chi connectivity index (χ4n) is 1.71. The average molecular weight is 214 g/mol. The second-order valence-electron chi connectivity index (χ2n) is 3.44. The van der Waals surface area contributed by atoms with Crippen molar-refractivity contribution in [2.24, 2.45) is 5.73 Å². The molecule has 0 aliphatic rings. The predicted octanol–water partition coefficient (Wildman–Crippen LogP) is 2.22. The van der Waals surface area contributed by atoms with Crippen LogP contribution in [0.15, 0.2) is 42.7 Å². The number of benzene rings is 1. The van der Waals surface area contributed by atoms with Crippen LogP contribution in [0.5, 0.6) is 5.75 Å². The van der Waals surface area contributed by atoms with Gasteiger partial charge in [-0.2, -0.15) is 0 Å². The second kappa shape index (κ2) is 4.77. The Hall–Kier alpha value is -1.87. The summed E-state index contributed by atoms with van der Waals surface area (Å²) in [5.74, 6) is 0.838. The number of hydrogen-bond acceptors (Lipinski definition) is 3. The standard InChI is InChI=1S/C13H14N2O/c1-16-13-5-3-2-4-11(13)12-9-15-7-6-10(12)8-14/h2-7,9H,8,14H2,1H3. The van der Waals surface area contributed by atoms with Crippen molar-refractivity contribution in [2.45, 2.75) is 6.54 Å². The maximum Gasteiger partial charge on any atom is 0.126 e. The maximum absolute atomic E-state index is 5.71. The number of nitrogens with zero attached hydrogens (tertiary/aromatic N) is 1. The largest absolute Gasteiger partial charge is 0.496 e. The fourth-order valence-corrected chi connectivity index (χ4v) is 1.71. The van der Waals surface area contributed by atoms with Crippen LogP contribution in [0.1, 0.15) is 5.56 Å². The molecule has 0 unspecified atom stereocenters. The van der Waals surface area contributed by atoms with E-state index in [0.717, 1.165) is 22.4 Å². The van der Waals surface area contributed by atoms with Gasteiger partial charge in [0.15, 0.2) is 0 Å². The van der Waals surface area contributed by atoms with Gasteiger partial charge in [-0.1, -0.05) is 18.2 Å². The highest BCUT2D eigenvalue weighted by molar-refractivity contribution is 5.72. The first-order valence-electron chi connectivity index (χ1n) is 5.13. The third-order valence-electron chi connectivity index (χ3n) is 2.53. The van der Waals surface area contributed by atoms with Gasteiger partial charge in [0.1, 0.15) is 5.75 Å². The van der Waals surface area contributed by atoms with Crippen molar-refractivity contribution in [2.75, 3.05) is 7.11 Å². The van der Waals surface area contributed by atoms with E-state index in [1.54, 1.807) is 13.3 Å². The Morgan fingerprint density at radius 1 is 1.19 bits per heavy atom. The molecule has 0 aliphatic heterocycles. The molecule has 2 N–H and O–H groups in total. The van der Waals surface area contributed by atoms with Gasteiger partial charge in [-0.3, -0.25) is 4.98 Å². The third kappa shape index (κ3) is 1.90. The van der Waals surface area contributed by atoms with Gasteiger partial charge < -0.3 is 10.5 Å². The lowest BCUT2D eigenvalue weighted by atomic mass is 10.0. The lowest BCUT2D eigenvalue weighted by molar-refractivity contribution is 0.416. The van der Waals surface area contributed by atoms with Crippen molar-refractivity contribution in [1.29, 1.82) is 0 Å². The maximum atomic E-state index is 5.71.